The summed E-state index contributed by atoms with van der Waals surface area (Å²) in [5.74, 6) is 0.0503. The van der Waals surface area contributed by atoms with Crippen LogP contribution in [0.4, 0.5) is 0 Å². The Labute approximate surface area is 194 Å². The highest BCUT2D eigenvalue weighted by Crippen LogP contribution is 2.53. The van der Waals surface area contributed by atoms with E-state index in [-0.39, 0.29) is 5.92 Å². The molecule has 5 aromatic carbocycles. The second kappa shape index (κ2) is 8.03. The van der Waals surface area contributed by atoms with Crippen molar-refractivity contribution in [1.82, 2.24) is 0 Å². The van der Waals surface area contributed by atoms with Crippen LogP contribution in [0.1, 0.15) is 22.6 Å². The second-order valence-electron chi connectivity index (χ2n) is 8.45. The van der Waals surface area contributed by atoms with Gasteiger partial charge in [-0.25, -0.2) is 0 Å². The average molecular weight is 442 g/mol. The van der Waals surface area contributed by atoms with E-state index in [1.165, 1.54) is 27.8 Å². The lowest BCUT2D eigenvalue weighted by Gasteiger charge is -2.25. The van der Waals surface area contributed by atoms with Gasteiger partial charge in [-0.2, -0.15) is 0 Å². The average Bonchev–Trinajstić information content (AvgIpc) is 3.24. The van der Waals surface area contributed by atoms with Crippen LogP contribution in [-0.4, -0.2) is 0 Å². The lowest BCUT2D eigenvalue weighted by molar-refractivity contribution is 0.592. The standard InChI is InChI=1S/C31H23OP/c32-33(24-15-6-2-7-16-24,25-17-8-3-9-18-25)29-22-12-21-28-26-19-10-11-20-27(26)30(31(28)29)23-13-4-1-5-14-23/h1-22,30H. The minimum absolute atomic E-state index is 0.0503. The third-order valence-corrected chi connectivity index (χ3v) is 9.76. The first-order valence-electron chi connectivity index (χ1n) is 11.3. The maximum atomic E-state index is 15.3. The van der Waals surface area contributed by atoms with Crippen LogP contribution in [0.5, 0.6) is 0 Å². The number of benzene rings is 5. The van der Waals surface area contributed by atoms with Crippen molar-refractivity contribution in [3.63, 3.8) is 0 Å². The SMILES string of the molecule is O=P(c1ccccc1)(c1ccccc1)c1cccc2c1C(c1ccccc1)c1ccccc1-2. The van der Waals surface area contributed by atoms with Crippen LogP contribution in [0.3, 0.4) is 0 Å². The van der Waals surface area contributed by atoms with Gasteiger partial charge < -0.3 is 4.57 Å². The molecule has 0 aliphatic heterocycles. The molecule has 2 heteroatoms. The van der Waals surface area contributed by atoms with Crippen LogP contribution in [-0.2, 0) is 4.57 Å². The summed E-state index contributed by atoms with van der Waals surface area (Å²) in [6.07, 6.45) is 0. The summed E-state index contributed by atoms with van der Waals surface area (Å²) in [6, 6.07) is 45.5. The van der Waals surface area contributed by atoms with Gasteiger partial charge >= 0.3 is 0 Å². The maximum absolute atomic E-state index is 15.3. The molecule has 0 N–H and O–H groups in total. The molecule has 1 aliphatic rings. The Kier molecular flexibility index (Phi) is 4.86. The monoisotopic (exact) mass is 442 g/mol. The number of hydrogen-bond donors (Lipinski definition) is 0. The van der Waals surface area contributed by atoms with Gasteiger partial charge in [0.15, 0.2) is 7.14 Å². The van der Waals surface area contributed by atoms with Crippen LogP contribution in [0, 0.1) is 0 Å². The van der Waals surface area contributed by atoms with E-state index < -0.39 is 7.14 Å². The number of hydrogen-bond acceptors (Lipinski definition) is 1. The summed E-state index contributed by atoms with van der Waals surface area (Å²) < 4.78 is 15.3. The Hall–Kier alpha value is -3.67. The van der Waals surface area contributed by atoms with Crippen LogP contribution < -0.4 is 15.9 Å². The maximum Gasteiger partial charge on any atom is 0.171 e. The van der Waals surface area contributed by atoms with E-state index in [1.54, 1.807) is 0 Å². The molecule has 5 aromatic rings. The van der Waals surface area contributed by atoms with Gasteiger partial charge in [-0.3, -0.25) is 0 Å². The molecule has 6 rings (SSSR count). The van der Waals surface area contributed by atoms with Crippen molar-refractivity contribution in [2.24, 2.45) is 0 Å². The highest BCUT2D eigenvalue weighted by Gasteiger charge is 2.39. The normalized spacial score (nSPS) is 14.5. The summed E-state index contributed by atoms with van der Waals surface area (Å²) in [5.41, 5.74) is 6.09. The van der Waals surface area contributed by atoms with Crippen molar-refractivity contribution in [2.75, 3.05) is 0 Å². The third kappa shape index (κ3) is 3.12. The van der Waals surface area contributed by atoms with Crippen molar-refractivity contribution in [3.8, 4) is 11.1 Å². The predicted octanol–water partition coefficient (Wildman–Crippen LogP) is 6.49. The zero-order chi connectivity index (χ0) is 22.3. The van der Waals surface area contributed by atoms with Crippen molar-refractivity contribution >= 4 is 23.1 Å². The topological polar surface area (TPSA) is 17.1 Å². The third-order valence-electron chi connectivity index (χ3n) is 6.65. The van der Waals surface area contributed by atoms with E-state index in [0.29, 0.717) is 0 Å². The van der Waals surface area contributed by atoms with Crippen LogP contribution >= 0.6 is 7.14 Å². The number of rotatable bonds is 4. The van der Waals surface area contributed by atoms with Gasteiger partial charge in [-0.15, -0.1) is 0 Å². The Balaban J connectivity index is 1.70. The molecule has 1 aliphatic carbocycles. The molecule has 33 heavy (non-hydrogen) atoms. The van der Waals surface area contributed by atoms with Gasteiger partial charge in [0.1, 0.15) is 0 Å². The lowest BCUT2D eigenvalue weighted by Crippen LogP contribution is -2.28. The molecular weight excluding hydrogens is 419 g/mol. The highest BCUT2D eigenvalue weighted by atomic mass is 31.2. The molecule has 1 unspecified atom stereocenters. The first-order valence-corrected chi connectivity index (χ1v) is 13.0. The molecular formula is C31H23OP. The van der Waals surface area contributed by atoms with E-state index >= 15 is 4.57 Å². The first-order chi connectivity index (χ1) is 16.3. The Morgan fingerprint density at radius 2 is 1.00 bits per heavy atom. The molecule has 0 saturated carbocycles. The Morgan fingerprint density at radius 1 is 0.485 bits per heavy atom. The first kappa shape index (κ1) is 20.0. The van der Waals surface area contributed by atoms with E-state index in [9.17, 15) is 0 Å². The zero-order valence-electron chi connectivity index (χ0n) is 18.1. The van der Waals surface area contributed by atoms with Crippen LogP contribution in [0.2, 0.25) is 0 Å². The van der Waals surface area contributed by atoms with E-state index in [1.807, 2.05) is 60.7 Å². The largest absolute Gasteiger partial charge is 0.309 e. The molecule has 0 bridgehead atoms. The van der Waals surface area contributed by atoms with Crippen molar-refractivity contribution in [1.29, 1.82) is 0 Å². The van der Waals surface area contributed by atoms with Crippen molar-refractivity contribution < 1.29 is 4.57 Å². The molecule has 158 valence electrons. The summed E-state index contributed by atoms with van der Waals surface area (Å²) >= 11 is 0. The van der Waals surface area contributed by atoms with E-state index in [0.717, 1.165) is 15.9 Å². The summed E-state index contributed by atoms with van der Waals surface area (Å²) in [5, 5.41) is 2.67. The fourth-order valence-electron chi connectivity index (χ4n) is 5.21. The van der Waals surface area contributed by atoms with Crippen LogP contribution in [0.15, 0.2) is 133 Å². The quantitative estimate of drug-likeness (QED) is 0.285. The fourth-order valence-corrected chi connectivity index (χ4v) is 8.13. The second-order valence-corrected chi connectivity index (χ2v) is 11.2. The molecule has 0 saturated heterocycles. The van der Waals surface area contributed by atoms with Gasteiger partial charge in [0.2, 0.25) is 0 Å². The van der Waals surface area contributed by atoms with E-state index in [4.69, 9.17) is 0 Å². The van der Waals surface area contributed by atoms with Gasteiger partial charge in [0, 0.05) is 21.8 Å². The van der Waals surface area contributed by atoms with Crippen molar-refractivity contribution in [2.45, 2.75) is 5.92 Å². The predicted molar refractivity (Wildman–Crippen MR) is 139 cm³/mol. The Morgan fingerprint density at radius 3 is 1.64 bits per heavy atom. The number of fused-ring (bicyclic) bond motifs is 3. The highest BCUT2D eigenvalue weighted by molar-refractivity contribution is 7.85. The Bertz CT molecular complexity index is 1430. The molecule has 0 radical (unpaired) electrons. The molecule has 1 atom stereocenters. The molecule has 1 nitrogen and oxygen atoms in total. The summed E-state index contributed by atoms with van der Waals surface area (Å²) in [4.78, 5) is 0. The fraction of sp³-hybridized carbons (Fsp3) is 0.0323. The van der Waals surface area contributed by atoms with Gasteiger partial charge in [0.25, 0.3) is 0 Å². The summed E-state index contributed by atoms with van der Waals surface area (Å²) in [7, 11) is -3.10. The van der Waals surface area contributed by atoms with Crippen molar-refractivity contribution in [3.05, 3.63) is 150 Å². The molecule has 0 heterocycles. The smallest absolute Gasteiger partial charge is 0.171 e. The van der Waals surface area contributed by atoms with Gasteiger partial charge in [-0.05, 0) is 27.8 Å². The van der Waals surface area contributed by atoms with E-state index in [2.05, 4.69) is 72.8 Å². The minimum Gasteiger partial charge on any atom is -0.309 e. The molecule has 0 fully saturated rings. The minimum atomic E-state index is -3.10. The summed E-state index contributed by atoms with van der Waals surface area (Å²) in [6.45, 7) is 0. The zero-order valence-corrected chi connectivity index (χ0v) is 19.0. The molecule has 0 spiro atoms. The molecule has 0 amide bonds. The van der Waals surface area contributed by atoms with Gasteiger partial charge in [-0.1, -0.05) is 133 Å². The van der Waals surface area contributed by atoms with Gasteiger partial charge in [0.05, 0.1) is 0 Å². The van der Waals surface area contributed by atoms with Crippen LogP contribution in [0.25, 0.3) is 11.1 Å². The molecule has 0 aromatic heterocycles. The lowest BCUT2D eigenvalue weighted by atomic mass is 9.89.